The third-order valence-corrected chi connectivity index (χ3v) is 5.19. The zero-order chi connectivity index (χ0) is 19.8. The third-order valence-electron chi connectivity index (χ3n) is 5.19. The van der Waals surface area contributed by atoms with Gasteiger partial charge >= 0.3 is 6.03 Å². The molecule has 27 heavy (non-hydrogen) atoms. The van der Waals surface area contributed by atoms with Crippen LogP contribution in [-0.4, -0.2) is 57.8 Å². The highest BCUT2D eigenvalue weighted by Crippen LogP contribution is 2.18. The maximum absolute atomic E-state index is 12.1. The van der Waals surface area contributed by atoms with Gasteiger partial charge in [-0.3, -0.25) is 10.1 Å². The maximum atomic E-state index is 12.1. The van der Waals surface area contributed by atoms with Crippen LogP contribution in [0.25, 0.3) is 0 Å². The first-order valence-electron chi connectivity index (χ1n) is 9.82. The molecule has 4 N–H and O–H groups in total. The summed E-state index contributed by atoms with van der Waals surface area (Å²) in [5, 5.41) is 5.18. The van der Waals surface area contributed by atoms with Gasteiger partial charge in [0.1, 0.15) is 38.5 Å². The molecule has 1 aromatic carbocycles. The topological polar surface area (TPSA) is 76.3 Å². The fourth-order valence-electron chi connectivity index (χ4n) is 3.39. The van der Waals surface area contributed by atoms with E-state index in [1.165, 1.54) is 20.9 Å². The maximum Gasteiger partial charge on any atom is 0.321 e. The molecule has 0 bridgehead atoms. The van der Waals surface area contributed by atoms with Crippen molar-refractivity contribution in [2.75, 3.05) is 39.8 Å². The Kier molecular flexibility index (Phi) is 8.06. The van der Waals surface area contributed by atoms with Gasteiger partial charge in [-0.25, -0.2) is 4.79 Å². The van der Waals surface area contributed by atoms with Crippen molar-refractivity contribution < 1.29 is 24.1 Å². The van der Waals surface area contributed by atoms with Gasteiger partial charge in [-0.1, -0.05) is 18.6 Å². The van der Waals surface area contributed by atoms with Crippen LogP contribution in [0.4, 0.5) is 4.79 Å². The zero-order valence-corrected chi connectivity index (χ0v) is 17.0. The number of rotatable bonds is 7. The fourth-order valence-corrected chi connectivity index (χ4v) is 3.39. The number of imide groups is 1. The minimum atomic E-state index is -0.399. The first-order chi connectivity index (χ1) is 12.9. The molecule has 1 aliphatic heterocycles. The first kappa shape index (κ1) is 21.2. The van der Waals surface area contributed by atoms with E-state index in [9.17, 15) is 9.59 Å². The molecule has 0 spiro atoms. The number of aryl methyl sites for hydroxylation is 1. The van der Waals surface area contributed by atoms with E-state index in [1.54, 1.807) is 7.11 Å². The van der Waals surface area contributed by atoms with Gasteiger partial charge in [-0.15, -0.1) is 0 Å². The monoisotopic (exact) mass is 378 g/mol. The van der Waals surface area contributed by atoms with Gasteiger partial charge in [0.05, 0.1) is 7.11 Å². The van der Waals surface area contributed by atoms with E-state index in [-0.39, 0.29) is 11.9 Å². The van der Waals surface area contributed by atoms with Crippen LogP contribution in [0.5, 0.6) is 5.75 Å². The molecule has 0 aromatic heterocycles. The molecule has 1 atom stereocenters. The Bertz CT molecular complexity index is 642. The molecule has 1 heterocycles. The number of piperazine rings is 1. The van der Waals surface area contributed by atoms with Crippen LogP contribution in [-0.2, 0) is 11.3 Å². The summed E-state index contributed by atoms with van der Waals surface area (Å²) in [7, 11) is 1.71. The predicted octanol–water partition coefficient (Wildman–Crippen LogP) is -1.09. The lowest BCUT2D eigenvalue weighted by molar-refractivity contribution is -1.02. The summed E-state index contributed by atoms with van der Waals surface area (Å²) >= 11 is 0. The van der Waals surface area contributed by atoms with Crippen molar-refractivity contribution in [2.24, 2.45) is 0 Å². The summed E-state index contributed by atoms with van der Waals surface area (Å²) in [6.07, 6.45) is 0.837. The van der Waals surface area contributed by atoms with Crippen LogP contribution >= 0.6 is 0 Å². The van der Waals surface area contributed by atoms with Crippen molar-refractivity contribution in [3.63, 3.8) is 0 Å². The number of carbonyl (C=O) groups excluding carboxylic acids is 2. The van der Waals surface area contributed by atoms with Gasteiger partial charge in [0, 0.05) is 11.6 Å². The lowest BCUT2D eigenvalue weighted by Crippen LogP contribution is -3.28. The molecule has 1 fully saturated rings. The average molecular weight is 379 g/mol. The Balaban J connectivity index is 1.76. The number of quaternary nitrogens is 2. The molecular weight excluding hydrogens is 344 g/mol. The third kappa shape index (κ3) is 6.84. The number of nitrogens with one attached hydrogen (secondary N) is 4. The fraction of sp³-hybridized carbons (Fsp3) is 0.600. The van der Waals surface area contributed by atoms with E-state index in [0.29, 0.717) is 6.54 Å². The smallest absolute Gasteiger partial charge is 0.321 e. The van der Waals surface area contributed by atoms with E-state index in [2.05, 4.69) is 29.7 Å². The highest BCUT2D eigenvalue weighted by molar-refractivity contribution is 5.94. The molecule has 7 heteroatoms. The Hall–Kier alpha value is -2.12. The molecular formula is C20H34N4O3+2. The second kappa shape index (κ2) is 10.3. The van der Waals surface area contributed by atoms with E-state index >= 15 is 0 Å². The number of urea groups is 1. The van der Waals surface area contributed by atoms with E-state index in [4.69, 9.17) is 4.74 Å². The number of ether oxygens (including phenoxy) is 1. The minimum Gasteiger partial charge on any atom is -0.496 e. The van der Waals surface area contributed by atoms with E-state index < -0.39 is 6.03 Å². The van der Waals surface area contributed by atoms with Crippen molar-refractivity contribution in [3.8, 4) is 5.75 Å². The van der Waals surface area contributed by atoms with Crippen molar-refractivity contribution in [1.29, 1.82) is 0 Å². The number of hydrogen-bond acceptors (Lipinski definition) is 3. The van der Waals surface area contributed by atoms with Crippen LogP contribution in [0.1, 0.15) is 31.4 Å². The van der Waals surface area contributed by atoms with Crippen LogP contribution in [0.2, 0.25) is 0 Å². The van der Waals surface area contributed by atoms with Gasteiger partial charge in [0.25, 0.3) is 5.91 Å². The molecule has 1 aromatic rings. The highest BCUT2D eigenvalue weighted by Gasteiger charge is 2.26. The summed E-state index contributed by atoms with van der Waals surface area (Å²) in [4.78, 5) is 26.5. The second-order valence-electron chi connectivity index (χ2n) is 7.50. The Morgan fingerprint density at radius 3 is 2.48 bits per heavy atom. The van der Waals surface area contributed by atoms with Crippen LogP contribution in [0.3, 0.4) is 0 Å². The Morgan fingerprint density at radius 2 is 1.85 bits per heavy atom. The molecule has 0 saturated carbocycles. The first-order valence-corrected chi connectivity index (χ1v) is 9.82. The van der Waals surface area contributed by atoms with Gasteiger partial charge in [-0.2, -0.15) is 0 Å². The largest absolute Gasteiger partial charge is 0.496 e. The lowest BCUT2D eigenvalue weighted by atomic mass is 10.1. The summed E-state index contributed by atoms with van der Waals surface area (Å²) < 4.78 is 5.48. The quantitative estimate of drug-likeness (QED) is 0.487. The predicted molar refractivity (Wildman–Crippen MR) is 104 cm³/mol. The Labute approximate surface area is 162 Å². The lowest BCUT2D eigenvalue weighted by Gasteiger charge is -2.29. The number of methoxy groups -OCH3 is 1. The summed E-state index contributed by atoms with van der Waals surface area (Å²) in [5.74, 6) is 0.726. The van der Waals surface area contributed by atoms with Crippen LogP contribution in [0.15, 0.2) is 18.2 Å². The molecule has 0 unspecified atom stereocenters. The number of amides is 3. The normalized spacial score (nSPS) is 20.6. The number of hydrogen-bond donors (Lipinski definition) is 4. The number of benzene rings is 1. The molecule has 150 valence electrons. The zero-order valence-electron chi connectivity index (χ0n) is 17.0. The van der Waals surface area contributed by atoms with Gasteiger partial charge in [0.15, 0.2) is 6.54 Å². The summed E-state index contributed by atoms with van der Waals surface area (Å²) in [5.41, 5.74) is 2.47. The minimum absolute atomic E-state index is 0.0657. The standard InChI is InChI=1S/C20H32N4O3/c1-5-16(3)21-20(26)22-19(25)14-24-10-8-23(9-11-24)13-17-12-15(2)6-7-18(17)27-4/h6-7,12,16H,5,8-11,13-14H2,1-4H3,(H2,21,22,25,26)/p+2/t16-/m1/s1. The molecule has 3 amide bonds. The van der Waals surface area contributed by atoms with Crippen molar-refractivity contribution in [2.45, 2.75) is 39.8 Å². The van der Waals surface area contributed by atoms with E-state index in [0.717, 1.165) is 44.9 Å². The van der Waals surface area contributed by atoms with Gasteiger partial charge in [-0.05, 0) is 32.4 Å². The molecule has 7 nitrogen and oxygen atoms in total. The highest BCUT2D eigenvalue weighted by atomic mass is 16.5. The van der Waals surface area contributed by atoms with E-state index in [1.807, 2.05) is 19.9 Å². The second-order valence-corrected chi connectivity index (χ2v) is 7.50. The summed E-state index contributed by atoms with van der Waals surface area (Å²) in [6.45, 7) is 11.1. The van der Waals surface area contributed by atoms with Crippen molar-refractivity contribution >= 4 is 11.9 Å². The Morgan fingerprint density at radius 1 is 1.19 bits per heavy atom. The molecule has 2 rings (SSSR count). The number of carbonyl (C=O) groups is 2. The molecule has 1 saturated heterocycles. The molecule has 0 aliphatic carbocycles. The summed E-state index contributed by atoms with van der Waals surface area (Å²) in [6, 6.07) is 5.95. The van der Waals surface area contributed by atoms with Crippen molar-refractivity contribution in [1.82, 2.24) is 10.6 Å². The van der Waals surface area contributed by atoms with Gasteiger partial charge in [0.2, 0.25) is 0 Å². The van der Waals surface area contributed by atoms with Gasteiger partial charge < -0.3 is 19.9 Å². The molecule has 0 radical (unpaired) electrons. The van der Waals surface area contributed by atoms with Crippen LogP contribution < -0.4 is 25.2 Å². The van der Waals surface area contributed by atoms with Crippen molar-refractivity contribution in [3.05, 3.63) is 29.3 Å². The SMILES string of the molecule is CC[C@@H](C)NC(=O)NC(=O)C[NH+]1CC[NH+](Cc2cc(C)ccc2OC)CC1. The molecule has 1 aliphatic rings. The average Bonchev–Trinajstić information content (AvgIpc) is 2.63. The van der Waals surface area contributed by atoms with Crippen LogP contribution in [0, 0.1) is 6.92 Å².